The lowest BCUT2D eigenvalue weighted by Gasteiger charge is -2.25. The molecule has 1 N–H and O–H groups in total. The first kappa shape index (κ1) is 35.2. The van der Waals surface area contributed by atoms with Gasteiger partial charge in [-0.2, -0.15) is 13.2 Å². The number of carbonyl (C=O) groups is 3. The highest BCUT2D eigenvalue weighted by Crippen LogP contribution is 2.50. The summed E-state index contributed by atoms with van der Waals surface area (Å²) < 4.78 is 42.3. The average molecular weight is 722 g/mol. The number of aromatic nitrogens is 1. The molecule has 1 fully saturated rings. The second-order valence-corrected chi connectivity index (χ2v) is 14.7. The van der Waals surface area contributed by atoms with Gasteiger partial charge in [0.25, 0.3) is 11.8 Å². The number of benzene rings is 3. The predicted molar refractivity (Wildman–Crippen MR) is 202 cm³/mol. The fourth-order valence-electron chi connectivity index (χ4n) is 7.54. The van der Waals surface area contributed by atoms with Gasteiger partial charge in [0.1, 0.15) is 6.54 Å². The molecule has 1 aliphatic carbocycles. The van der Waals surface area contributed by atoms with Crippen LogP contribution < -0.4 is 10.2 Å². The van der Waals surface area contributed by atoms with E-state index in [1.165, 1.54) is 23.5 Å². The van der Waals surface area contributed by atoms with Crippen molar-refractivity contribution < 1.29 is 27.6 Å². The zero-order chi connectivity index (χ0) is 36.7. The fourth-order valence-corrected chi connectivity index (χ4v) is 8.72. The number of halogens is 3. The van der Waals surface area contributed by atoms with E-state index in [1.807, 2.05) is 23.6 Å². The summed E-state index contributed by atoms with van der Waals surface area (Å²) in [6.07, 6.45) is 3.65. The van der Waals surface area contributed by atoms with Crippen molar-refractivity contribution in [2.24, 2.45) is 0 Å². The van der Waals surface area contributed by atoms with Crippen LogP contribution in [0, 0.1) is 6.92 Å². The lowest BCUT2D eigenvalue weighted by Crippen LogP contribution is -2.29. The molecule has 5 aromatic rings. The minimum Gasteiger partial charge on any atom is -0.330 e. The zero-order valence-electron chi connectivity index (χ0n) is 29.0. The molecule has 1 aliphatic heterocycles. The standard InChI is InChI=1S/C42H38F3N3O3S/c1-25(30-16-10-11-27(21-30)23-42(43,44)45)17-19-31-26(2)18-20-32-37(31)47(3)35(49)24-48-33-22-34(41(51)46-40(50)29-14-8-5-9-15-29)52-39(33)36(38(32)48)28-12-6-4-7-13-28/h5,8-11,14-22,28H,1,4,6-7,12-13,23-24H2,2-3H3,(H,46,50,51)/b19-17-. The lowest BCUT2D eigenvalue weighted by atomic mass is 9.82. The number of nitrogens with one attached hydrogen (secondary N) is 1. The van der Waals surface area contributed by atoms with Gasteiger partial charge < -0.3 is 9.47 Å². The second kappa shape index (κ2) is 14.1. The molecular formula is C42H38F3N3O3S. The number of aryl methyl sites for hydroxylation is 1. The van der Waals surface area contributed by atoms with Crippen molar-refractivity contribution in [1.29, 1.82) is 0 Å². The molecule has 0 radical (unpaired) electrons. The third-order valence-electron chi connectivity index (χ3n) is 10.1. The van der Waals surface area contributed by atoms with Crippen LogP contribution in [0.2, 0.25) is 0 Å². The van der Waals surface area contributed by atoms with E-state index in [0.717, 1.165) is 76.0 Å². The topological polar surface area (TPSA) is 71.4 Å². The minimum absolute atomic E-state index is 0.0609. The molecular weight excluding hydrogens is 684 g/mol. The number of carbonyl (C=O) groups excluding carboxylic acids is 3. The Kier molecular flexibility index (Phi) is 9.52. The minimum atomic E-state index is -4.32. The molecule has 0 bridgehead atoms. The highest BCUT2D eigenvalue weighted by Gasteiger charge is 2.35. The second-order valence-electron chi connectivity index (χ2n) is 13.7. The van der Waals surface area contributed by atoms with Crippen molar-refractivity contribution in [3.63, 3.8) is 0 Å². The number of rotatable bonds is 7. The smallest absolute Gasteiger partial charge is 0.330 e. The van der Waals surface area contributed by atoms with Crippen LogP contribution in [0.4, 0.5) is 18.9 Å². The first-order valence-corrected chi connectivity index (χ1v) is 18.2. The Hall–Kier alpha value is -5.22. The number of alkyl halides is 3. The normalized spacial score (nSPS) is 15.1. The van der Waals surface area contributed by atoms with E-state index in [-0.39, 0.29) is 23.9 Å². The number of nitrogens with zero attached hydrogens (tertiary/aromatic N) is 2. The summed E-state index contributed by atoms with van der Waals surface area (Å²) in [7, 11) is 1.76. The van der Waals surface area contributed by atoms with Crippen LogP contribution in [0.1, 0.15) is 85.9 Å². The van der Waals surface area contributed by atoms with Crippen molar-refractivity contribution in [3.8, 4) is 11.3 Å². The van der Waals surface area contributed by atoms with Crippen molar-refractivity contribution in [1.82, 2.24) is 9.88 Å². The van der Waals surface area contributed by atoms with Gasteiger partial charge in [0.05, 0.1) is 32.9 Å². The number of anilines is 1. The summed E-state index contributed by atoms with van der Waals surface area (Å²) >= 11 is 1.36. The van der Waals surface area contributed by atoms with Gasteiger partial charge in [0.15, 0.2) is 0 Å². The van der Waals surface area contributed by atoms with Gasteiger partial charge in [0, 0.05) is 23.7 Å². The molecule has 1 saturated carbocycles. The molecule has 0 saturated heterocycles. The third kappa shape index (κ3) is 6.87. The highest BCUT2D eigenvalue weighted by molar-refractivity contribution is 7.21. The maximum absolute atomic E-state index is 14.0. The number of fused-ring (bicyclic) bond motifs is 5. The Morgan fingerprint density at radius 1 is 0.962 bits per heavy atom. The van der Waals surface area contributed by atoms with Gasteiger partial charge in [-0.15, -0.1) is 11.3 Å². The number of hydrogen-bond acceptors (Lipinski definition) is 4. The van der Waals surface area contributed by atoms with Crippen molar-refractivity contribution in [3.05, 3.63) is 124 Å². The van der Waals surface area contributed by atoms with Crippen LogP contribution in [0.25, 0.3) is 33.1 Å². The molecule has 3 amide bonds. The quantitative estimate of drug-likeness (QED) is 0.134. The summed E-state index contributed by atoms with van der Waals surface area (Å²) in [5.41, 5.74) is 7.94. The summed E-state index contributed by atoms with van der Waals surface area (Å²) in [6.45, 7) is 6.19. The molecule has 10 heteroatoms. The number of hydrogen-bond donors (Lipinski definition) is 1. The van der Waals surface area contributed by atoms with Crippen LogP contribution in [-0.4, -0.2) is 35.5 Å². The lowest BCUT2D eigenvalue weighted by molar-refractivity contribution is -0.127. The first-order valence-electron chi connectivity index (χ1n) is 17.4. The number of likely N-dealkylation sites (N-methyl/N-ethyl adjacent to an activating group) is 1. The number of allylic oxidation sites excluding steroid dienone is 2. The molecule has 3 heterocycles. The van der Waals surface area contributed by atoms with Crippen LogP contribution in [0.5, 0.6) is 0 Å². The molecule has 52 heavy (non-hydrogen) atoms. The SMILES string of the molecule is C=C(/C=C\c1c(C)ccc2c1N(C)C(=O)Cn1c-2c(C2CCCCC2)c2sc(C(=O)NC(=O)c3ccccc3)cc21)c1cccc(CC(F)(F)F)c1. The van der Waals surface area contributed by atoms with E-state index < -0.39 is 24.4 Å². The molecule has 0 spiro atoms. The van der Waals surface area contributed by atoms with Gasteiger partial charge in [-0.05, 0) is 71.7 Å². The Bertz CT molecular complexity index is 2260. The van der Waals surface area contributed by atoms with Crippen LogP contribution in [-0.2, 0) is 17.8 Å². The molecule has 7 rings (SSSR count). The summed E-state index contributed by atoms with van der Waals surface area (Å²) in [5, 5.41) is 2.53. The van der Waals surface area contributed by atoms with Crippen molar-refractivity contribution in [2.75, 3.05) is 11.9 Å². The molecule has 266 valence electrons. The fraction of sp³-hybridized carbons (Fsp3) is 0.262. The van der Waals surface area contributed by atoms with Crippen LogP contribution in [0.3, 0.4) is 0 Å². The van der Waals surface area contributed by atoms with Crippen LogP contribution in [0.15, 0.2) is 85.5 Å². The largest absolute Gasteiger partial charge is 0.393 e. The van der Waals surface area contributed by atoms with Crippen molar-refractivity contribution >= 4 is 56.6 Å². The molecule has 3 aromatic carbocycles. The van der Waals surface area contributed by atoms with Gasteiger partial charge >= 0.3 is 6.18 Å². The number of imide groups is 1. The van der Waals surface area contributed by atoms with Gasteiger partial charge in [0.2, 0.25) is 5.91 Å². The summed E-state index contributed by atoms with van der Waals surface area (Å²) in [4.78, 5) is 42.4. The van der Waals surface area contributed by atoms with Crippen LogP contribution >= 0.6 is 11.3 Å². The van der Waals surface area contributed by atoms with E-state index in [2.05, 4.69) is 18.0 Å². The Balaban J connectivity index is 1.32. The van der Waals surface area contributed by atoms with Gasteiger partial charge in [-0.1, -0.05) is 92.6 Å². The van der Waals surface area contributed by atoms with Gasteiger partial charge in [-0.25, -0.2) is 0 Å². The van der Waals surface area contributed by atoms with Gasteiger partial charge in [-0.3, -0.25) is 19.7 Å². The monoisotopic (exact) mass is 721 g/mol. The summed E-state index contributed by atoms with van der Waals surface area (Å²) in [5.74, 6) is -0.870. The maximum Gasteiger partial charge on any atom is 0.393 e. The molecule has 0 unspecified atom stereocenters. The third-order valence-corrected chi connectivity index (χ3v) is 11.3. The Morgan fingerprint density at radius 2 is 1.69 bits per heavy atom. The summed E-state index contributed by atoms with van der Waals surface area (Å²) in [6, 6.07) is 20.8. The maximum atomic E-state index is 14.0. The molecule has 2 aromatic heterocycles. The average Bonchev–Trinajstić information content (AvgIpc) is 3.65. The Labute approximate surface area is 304 Å². The van der Waals surface area contributed by atoms with E-state index in [1.54, 1.807) is 66.6 Å². The zero-order valence-corrected chi connectivity index (χ0v) is 29.8. The molecule has 0 atom stereocenters. The predicted octanol–water partition coefficient (Wildman–Crippen LogP) is 10.1. The van der Waals surface area contributed by atoms with E-state index >= 15 is 0 Å². The Morgan fingerprint density at radius 3 is 2.42 bits per heavy atom. The number of thiophene rings is 1. The first-order chi connectivity index (χ1) is 24.9. The van der Waals surface area contributed by atoms with E-state index in [9.17, 15) is 27.6 Å². The number of amides is 3. The molecule has 2 aliphatic rings. The van der Waals surface area contributed by atoms with E-state index in [4.69, 9.17) is 0 Å². The highest BCUT2D eigenvalue weighted by atomic mass is 32.1. The van der Waals surface area contributed by atoms with Crippen molar-refractivity contribution in [2.45, 2.75) is 64.1 Å². The molecule has 6 nitrogen and oxygen atoms in total. The van der Waals surface area contributed by atoms with E-state index in [0.29, 0.717) is 21.6 Å².